The first kappa shape index (κ1) is 19.7. The largest absolute Gasteiger partial charge is 0.496 e. The van der Waals surface area contributed by atoms with Gasteiger partial charge in [0.2, 0.25) is 10.0 Å². The highest BCUT2D eigenvalue weighted by Crippen LogP contribution is 2.29. The number of benzene rings is 1. The third-order valence-corrected chi connectivity index (χ3v) is 6.15. The number of nitrogens with two attached hydrogens (primary N) is 1. The van der Waals surface area contributed by atoms with E-state index < -0.39 is 22.0 Å². The molecule has 25 heavy (non-hydrogen) atoms. The summed E-state index contributed by atoms with van der Waals surface area (Å²) in [7, 11) is -1.03. The van der Waals surface area contributed by atoms with E-state index in [-0.39, 0.29) is 22.8 Å². The van der Waals surface area contributed by atoms with Crippen LogP contribution in [0.2, 0.25) is 4.34 Å². The number of carbonyl (C=O) groups excluding carboxylic acids is 1. The summed E-state index contributed by atoms with van der Waals surface area (Å²) >= 11 is 7.20. The second-order valence-electron chi connectivity index (χ2n) is 4.94. The van der Waals surface area contributed by atoms with Crippen molar-refractivity contribution in [2.24, 2.45) is 5.73 Å². The van der Waals surface area contributed by atoms with Crippen molar-refractivity contribution >= 4 is 38.9 Å². The lowest BCUT2D eigenvalue weighted by molar-refractivity contribution is 0.0997. The second-order valence-corrected chi connectivity index (χ2v) is 8.46. The molecule has 0 fully saturated rings. The zero-order valence-electron chi connectivity index (χ0n) is 13.5. The third kappa shape index (κ3) is 4.71. The van der Waals surface area contributed by atoms with Crippen LogP contribution in [0.1, 0.15) is 21.3 Å². The minimum absolute atomic E-state index is 0.00755. The maximum Gasteiger partial charge on any atom is 0.252 e. The number of nitrogens with one attached hydrogen (secondary N) is 1. The van der Waals surface area contributed by atoms with Gasteiger partial charge in [0.05, 0.1) is 21.9 Å². The minimum Gasteiger partial charge on any atom is -0.496 e. The summed E-state index contributed by atoms with van der Waals surface area (Å²) in [6.45, 7) is 0.00755. The van der Waals surface area contributed by atoms with Crippen molar-refractivity contribution in [2.75, 3.05) is 20.8 Å². The number of primary amides is 1. The standard InChI is InChI=1S/C15H17ClN2O5S2/c1-22-11-4-3-9(7-10(11)15(17)19)25(20,21)18-8-12(23-2)13-5-6-14(16)24-13/h3-7,12,18H,8H2,1-2H3,(H2,17,19)/t12-/m0/s1. The first-order chi connectivity index (χ1) is 11.8. The summed E-state index contributed by atoms with van der Waals surface area (Å²) in [6, 6.07) is 7.37. The molecule has 10 heteroatoms. The normalized spacial score (nSPS) is 12.8. The highest BCUT2D eigenvalue weighted by atomic mass is 35.5. The molecule has 2 rings (SSSR count). The van der Waals surface area contributed by atoms with Gasteiger partial charge in [-0.2, -0.15) is 0 Å². The van der Waals surface area contributed by atoms with Gasteiger partial charge in [-0.15, -0.1) is 11.3 Å². The van der Waals surface area contributed by atoms with Gasteiger partial charge in [0.25, 0.3) is 5.91 Å². The summed E-state index contributed by atoms with van der Waals surface area (Å²) in [5, 5.41) is 0. The lowest BCUT2D eigenvalue weighted by Crippen LogP contribution is -2.29. The van der Waals surface area contributed by atoms with Crippen LogP contribution in [0.3, 0.4) is 0 Å². The van der Waals surface area contributed by atoms with Crippen LogP contribution in [0.15, 0.2) is 35.2 Å². The minimum atomic E-state index is -3.87. The van der Waals surface area contributed by atoms with E-state index in [1.54, 1.807) is 12.1 Å². The lowest BCUT2D eigenvalue weighted by Gasteiger charge is -2.15. The van der Waals surface area contributed by atoms with Crippen molar-refractivity contribution in [1.29, 1.82) is 0 Å². The molecule has 0 aliphatic heterocycles. The number of hydrogen-bond acceptors (Lipinski definition) is 6. The molecule has 1 aromatic carbocycles. The molecule has 0 aliphatic carbocycles. The first-order valence-corrected chi connectivity index (χ1v) is 9.71. The fourth-order valence-corrected chi connectivity index (χ4v) is 4.31. The van der Waals surface area contributed by atoms with Crippen molar-refractivity contribution in [1.82, 2.24) is 4.72 Å². The molecule has 3 N–H and O–H groups in total. The quantitative estimate of drug-likeness (QED) is 0.701. The maximum absolute atomic E-state index is 12.5. The number of methoxy groups -OCH3 is 2. The molecule has 1 heterocycles. The number of amides is 1. The number of sulfonamides is 1. The highest BCUT2D eigenvalue weighted by molar-refractivity contribution is 7.89. The van der Waals surface area contributed by atoms with Gasteiger partial charge in [-0.1, -0.05) is 11.6 Å². The molecule has 0 saturated carbocycles. The molecule has 0 radical (unpaired) electrons. The molecule has 0 aliphatic rings. The topological polar surface area (TPSA) is 108 Å². The number of thiophene rings is 1. The summed E-state index contributed by atoms with van der Waals surface area (Å²) < 4.78 is 38.3. The van der Waals surface area contributed by atoms with Crippen LogP contribution >= 0.6 is 22.9 Å². The molecule has 136 valence electrons. The Morgan fingerprint density at radius 1 is 1.32 bits per heavy atom. The number of hydrogen-bond donors (Lipinski definition) is 2. The fraction of sp³-hybridized carbons (Fsp3) is 0.267. The number of rotatable bonds is 8. The second kappa shape index (κ2) is 8.15. The molecule has 7 nitrogen and oxygen atoms in total. The highest BCUT2D eigenvalue weighted by Gasteiger charge is 2.21. The van der Waals surface area contributed by atoms with Gasteiger partial charge in [-0.25, -0.2) is 13.1 Å². The van der Waals surface area contributed by atoms with Crippen molar-refractivity contribution in [3.63, 3.8) is 0 Å². The Morgan fingerprint density at radius 3 is 2.56 bits per heavy atom. The molecule has 0 bridgehead atoms. The van der Waals surface area contributed by atoms with Gasteiger partial charge in [-0.3, -0.25) is 4.79 Å². The van der Waals surface area contributed by atoms with Crippen molar-refractivity contribution in [3.05, 3.63) is 45.1 Å². The number of ether oxygens (including phenoxy) is 2. The SMILES string of the molecule is COc1ccc(S(=O)(=O)NC[C@H](OC)c2ccc(Cl)s2)cc1C(N)=O. The predicted molar refractivity (Wildman–Crippen MR) is 95.8 cm³/mol. The van der Waals surface area contributed by atoms with Crippen molar-refractivity contribution in [3.8, 4) is 5.75 Å². The molecule has 2 aromatic rings. The van der Waals surface area contributed by atoms with Crippen LogP contribution in [0, 0.1) is 0 Å². The molecule has 0 spiro atoms. The van der Waals surface area contributed by atoms with Gasteiger partial charge < -0.3 is 15.2 Å². The van der Waals surface area contributed by atoms with E-state index in [0.29, 0.717) is 4.34 Å². The van der Waals surface area contributed by atoms with E-state index in [1.165, 1.54) is 43.8 Å². The monoisotopic (exact) mass is 404 g/mol. The average Bonchev–Trinajstić information content (AvgIpc) is 3.01. The van der Waals surface area contributed by atoms with E-state index in [1.807, 2.05) is 0 Å². The third-order valence-electron chi connectivity index (χ3n) is 3.40. The Hall–Kier alpha value is -1.65. The van der Waals surface area contributed by atoms with Gasteiger partial charge in [-0.05, 0) is 30.3 Å². The number of carbonyl (C=O) groups is 1. The molecule has 0 unspecified atom stereocenters. The van der Waals surface area contributed by atoms with Crippen LogP contribution in [-0.4, -0.2) is 35.1 Å². The summed E-state index contributed by atoms with van der Waals surface area (Å²) in [6.07, 6.45) is -0.485. The first-order valence-electron chi connectivity index (χ1n) is 7.04. The van der Waals surface area contributed by atoms with Crippen molar-refractivity contribution in [2.45, 2.75) is 11.0 Å². The molecule has 1 aromatic heterocycles. The van der Waals surface area contributed by atoms with E-state index in [2.05, 4.69) is 4.72 Å². The van der Waals surface area contributed by atoms with Crippen LogP contribution in [0.25, 0.3) is 0 Å². The van der Waals surface area contributed by atoms with Crippen LogP contribution in [0.4, 0.5) is 0 Å². The Bertz CT molecular complexity index is 867. The molecular formula is C15H17ClN2O5S2. The zero-order valence-corrected chi connectivity index (χ0v) is 15.9. The maximum atomic E-state index is 12.5. The smallest absolute Gasteiger partial charge is 0.252 e. The van der Waals surface area contributed by atoms with E-state index >= 15 is 0 Å². The molecule has 1 atom stereocenters. The molecular weight excluding hydrogens is 388 g/mol. The van der Waals surface area contributed by atoms with Crippen molar-refractivity contribution < 1.29 is 22.7 Å². The zero-order chi connectivity index (χ0) is 18.6. The molecule has 0 saturated heterocycles. The van der Waals surface area contributed by atoms with E-state index in [9.17, 15) is 13.2 Å². The van der Waals surface area contributed by atoms with E-state index in [0.717, 1.165) is 4.88 Å². The van der Waals surface area contributed by atoms with Gasteiger partial charge in [0.1, 0.15) is 11.9 Å². The lowest BCUT2D eigenvalue weighted by atomic mass is 10.2. The van der Waals surface area contributed by atoms with Crippen LogP contribution in [0.5, 0.6) is 5.75 Å². The van der Waals surface area contributed by atoms with Gasteiger partial charge in [0.15, 0.2) is 0 Å². The fourth-order valence-electron chi connectivity index (χ4n) is 2.12. The Labute approximate surface area is 154 Å². The van der Waals surface area contributed by atoms with Crippen LogP contribution in [-0.2, 0) is 14.8 Å². The average molecular weight is 405 g/mol. The van der Waals surface area contributed by atoms with Gasteiger partial charge >= 0.3 is 0 Å². The predicted octanol–water partition coefficient (Wildman–Crippen LogP) is 2.17. The Balaban J connectivity index is 2.21. The van der Waals surface area contributed by atoms with Gasteiger partial charge in [0, 0.05) is 18.5 Å². The Morgan fingerprint density at radius 2 is 2.04 bits per heavy atom. The molecule has 1 amide bonds. The summed E-state index contributed by atoms with van der Waals surface area (Å²) in [5.74, 6) is -0.577. The van der Waals surface area contributed by atoms with Crippen LogP contribution < -0.4 is 15.2 Å². The summed E-state index contributed by atoms with van der Waals surface area (Å²) in [4.78, 5) is 12.2. The Kier molecular flexibility index (Phi) is 6.42. The number of halogens is 1. The van der Waals surface area contributed by atoms with E-state index in [4.69, 9.17) is 26.8 Å². The summed E-state index contributed by atoms with van der Waals surface area (Å²) in [5.41, 5.74) is 5.24.